The molecule has 1 heterocycles. The Labute approximate surface area is 159 Å². The van der Waals surface area contributed by atoms with Gasteiger partial charge in [-0.3, -0.25) is 0 Å². The van der Waals surface area contributed by atoms with Gasteiger partial charge in [0.25, 0.3) is 0 Å². The average molecular weight is 358 g/mol. The highest BCUT2D eigenvalue weighted by molar-refractivity contribution is 5.47. The molecule has 2 saturated carbocycles. The van der Waals surface area contributed by atoms with E-state index in [1.54, 1.807) is 0 Å². The summed E-state index contributed by atoms with van der Waals surface area (Å²) in [5, 5.41) is 0. The van der Waals surface area contributed by atoms with Gasteiger partial charge in [-0.25, -0.2) is 0 Å². The van der Waals surface area contributed by atoms with E-state index in [1.165, 1.54) is 76.3 Å². The second kappa shape index (κ2) is 7.80. The molecule has 4 rings (SSSR count). The minimum atomic E-state index is 0.322. The minimum Gasteiger partial charge on any atom is -0.490 e. The molecular formula is C23H35NO2. The molecule has 3 nitrogen and oxygen atoms in total. The summed E-state index contributed by atoms with van der Waals surface area (Å²) in [6, 6.07) is 7.54. The molecule has 3 fully saturated rings. The molecule has 1 aromatic carbocycles. The Morgan fingerprint density at radius 1 is 1.00 bits per heavy atom. The number of hydrogen-bond donors (Lipinski definition) is 0. The quantitative estimate of drug-likeness (QED) is 0.712. The summed E-state index contributed by atoms with van der Waals surface area (Å²) >= 11 is 0. The van der Waals surface area contributed by atoms with Crippen LogP contribution in [0.4, 0.5) is 0 Å². The van der Waals surface area contributed by atoms with Crippen molar-refractivity contribution in [1.82, 2.24) is 4.90 Å². The van der Waals surface area contributed by atoms with Crippen molar-refractivity contribution in [2.45, 2.75) is 88.7 Å². The number of nitrogens with zero attached hydrogens (tertiary/aromatic N) is 1. The van der Waals surface area contributed by atoms with Crippen LogP contribution in [0.2, 0.25) is 0 Å². The van der Waals surface area contributed by atoms with Crippen molar-refractivity contribution in [2.75, 3.05) is 20.2 Å². The summed E-state index contributed by atoms with van der Waals surface area (Å²) in [4.78, 5) is 2.59. The number of likely N-dealkylation sites (tertiary alicyclic amines) is 1. The SMILES string of the molecule is CCOc1ccc([C@@]23CCCCC2N(C)CC3)cc1OC1CCCCC1. The number of fused-ring (bicyclic) bond motifs is 1. The number of benzene rings is 1. The zero-order chi connectivity index (χ0) is 18.0. The van der Waals surface area contributed by atoms with Crippen molar-refractivity contribution < 1.29 is 9.47 Å². The normalized spacial score (nSPS) is 30.2. The van der Waals surface area contributed by atoms with Crippen molar-refractivity contribution >= 4 is 0 Å². The Kier molecular flexibility index (Phi) is 5.45. The van der Waals surface area contributed by atoms with Crippen molar-refractivity contribution in [3.8, 4) is 11.5 Å². The van der Waals surface area contributed by atoms with E-state index < -0.39 is 0 Å². The molecule has 1 aliphatic heterocycles. The molecule has 0 radical (unpaired) electrons. The van der Waals surface area contributed by atoms with Gasteiger partial charge >= 0.3 is 0 Å². The summed E-state index contributed by atoms with van der Waals surface area (Å²) in [5.74, 6) is 1.92. The van der Waals surface area contributed by atoms with Crippen molar-refractivity contribution in [3.63, 3.8) is 0 Å². The third-order valence-corrected chi connectivity index (χ3v) is 7.10. The second-order valence-corrected chi connectivity index (χ2v) is 8.62. The van der Waals surface area contributed by atoms with E-state index in [-0.39, 0.29) is 0 Å². The lowest BCUT2D eigenvalue weighted by Gasteiger charge is -2.42. The molecule has 2 atom stereocenters. The lowest BCUT2D eigenvalue weighted by atomic mass is 9.66. The van der Waals surface area contributed by atoms with Gasteiger partial charge in [0.2, 0.25) is 0 Å². The van der Waals surface area contributed by atoms with Gasteiger partial charge in [-0.05, 0) is 83.2 Å². The highest BCUT2D eigenvalue weighted by atomic mass is 16.5. The van der Waals surface area contributed by atoms with Crippen molar-refractivity contribution in [3.05, 3.63) is 23.8 Å². The second-order valence-electron chi connectivity index (χ2n) is 8.62. The third kappa shape index (κ3) is 3.35. The van der Waals surface area contributed by atoms with Gasteiger partial charge < -0.3 is 14.4 Å². The predicted molar refractivity (Wildman–Crippen MR) is 106 cm³/mol. The van der Waals surface area contributed by atoms with Crippen molar-refractivity contribution in [2.24, 2.45) is 0 Å². The zero-order valence-electron chi connectivity index (χ0n) is 16.6. The van der Waals surface area contributed by atoms with Crippen LogP contribution in [-0.2, 0) is 5.41 Å². The highest BCUT2D eigenvalue weighted by Gasteiger charge is 2.48. The van der Waals surface area contributed by atoms with Gasteiger partial charge in [-0.1, -0.05) is 25.3 Å². The van der Waals surface area contributed by atoms with Crippen LogP contribution in [-0.4, -0.2) is 37.2 Å². The fourth-order valence-corrected chi connectivity index (χ4v) is 5.71. The highest BCUT2D eigenvalue weighted by Crippen LogP contribution is 2.50. The molecule has 0 aromatic heterocycles. The first-order valence-corrected chi connectivity index (χ1v) is 10.9. The number of likely N-dealkylation sites (N-methyl/N-ethyl adjacent to an activating group) is 1. The van der Waals surface area contributed by atoms with Crippen LogP contribution in [0.15, 0.2) is 18.2 Å². The van der Waals surface area contributed by atoms with Gasteiger partial charge in [0, 0.05) is 11.5 Å². The molecule has 0 bridgehead atoms. The smallest absolute Gasteiger partial charge is 0.161 e. The van der Waals surface area contributed by atoms with E-state index in [9.17, 15) is 0 Å². The van der Waals surface area contributed by atoms with E-state index in [0.717, 1.165) is 11.5 Å². The van der Waals surface area contributed by atoms with E-state index in [4.69, 9.17) is 9.47 Å². The summed E-state index contributed by atoms with van der Waals surface area (Å²) < 4.78 is 12.4. The fourth-order valence-electron chi connectivity index (χ4n) is 5.71. The van der Waals surface area contributed by atoms with Crippen LogP contribution >= 0.6 is 0 Å². The molecule has 144 valence electrons. The molecule has 3 aliphatic rings. The maximum absolute atomic E-state index is 6.50. The Hall–Kier alpha value is -1.22. The molecule has 1 saturated heterocycles. The summed E-state index contributed by atoms with van der Waals surface area (Å²) in [6.45, 7) is 3.97. The van der Waals surface area contributed by atoms with Crippen LogP contribution < -0.4 is 9.47 Å². The van der Waals surface area contributed by atoms with Crippen molar-refractivity contribution in [1.29, 1.82) is 0 Å². The van der Waals surface area contributed by atoms with E-state index in [2.05, 4.69) is 37.1 Å². The van der Waals surface area contributed by atoms with Crippen LogP contribution in [0.3, 0.4) is 0 Å². The monoisotopic (exact) mass is 357 g/mol. The Bertz CT molecular complexity index is 606. The van der Waals surface area contributed by atoms with E-state index in [0.29, 0.717) is 24.2 Å². The van der Waals surface area contributed by atoms with Crippen LogP contribution in [0.5, 0.6) is 11.5 Å². The van der Waals surface area contributed by atoms with Crippen LogP contribution in [0.1, 0.15) is 76.7 Å². The molecular weight excluding hydrogens is 322 g/mol. The lowest BCUT2D eigenvalue weighted by Crippen LogP contribution is -2.43. The van der Waals surface area contributed by atoms with Gasteiger partial charge in [-0.15, -0.1) is 0 Å². The Morgan fingerprint density at radius 2 is 1.81 bits per heavy atom. The lowest BCUT2D eigenvalue weighted by molar-refractivity contribution is 0.146. The number of hydrogen-bond acceptors (Lipinski definition) is 3. The molecule has 3 heteroatoms. The summed E-state index contributed by atoms with van der Waals surface area (Å²) in [5.41, 5.74) is 1.81. The zero-order valence-corrected chi connectivity index (χ0v) is 16.6. The van der Waals surface area contributed by atoms with Crippen LogP contribution in [0, 0.1) is 0 Å². The molecule has 1 aromatic rings. The maximum atomic E-state index is 6.50. The van der Waals surface area contributed by atoms with E-state index >= 15 is 0 Å². The third-order valence-electron chi connectivity index (χ3n) is 7.10. The average Bonchev–Trinajstić information content (AvgIpc) is 3.02. The molecule has 0 spiro atoms. The summed E-state index contributed by atoms with van der Waals surface area (Å²) in [7, 11) is 2.31. The standard InChI is InChI=1S/C23H35NO2/c1-3-25-20-13-12-18(17-21(20)26-19-9-5-4-6-10-19)23-14-8-7-11-22(23)24(2)16-15-23/h12-13,17,19,22H,3-11,14-16H2,1-2H3/t22?,23-/m0/s1. The predicted octanol–water partition coefficient (Wildman–Crippen LogP) is 5.31. The molecule has 0 amide bonds. The van der Waals surface area contributed by atoms with Gasteiger partial charge in [0.15, 0.2) is 11.5 Å². The van der Waals surface area contributed by atoms with Gasteiger partial charge in [0.1, 0.15) is 0 Å². The maximum Gasteiger partial charge on any atom is 0.161 e. The first-order valence-electron chi connectivity index (χ1n) is 10.9. The number of rotatable bonds is 5. The van der Waals surface area contributed by atoms with Gasteiger partial charge in [-0.2, -0.15) is 0 Å². The molecule has 26 heavy (non-hydrogen) atoms. The fraction of sp³-hybridized carbons (Fsp3) is 0.739. The first-order chi connectivity index (χ1) is 12.7. The van der Waals surface area contributed by atoms with Gasteiger partial charge in [0.05, 0.1) is 12.7 Å². The molecule has 2 aliphatic carbocycles. The molecule has 1 unspecified atom stereocenters. The van der Waals surface area contributed by atoms with E-state index in [1.807, 2.05) is 0 Å². The Morgan fingerprint density at radius 3 is 2.62 bits per heavy atom. The topological polar surface area (TPSA) is 21.7 Å². The molecule has 0 N–H and O–H groups in total. The minimum absolute atomic E-state index is 0.322. The van der Waals surface area contributed by atoms with Crippen LogP contribution in [0.25, 0.3) is 0 Å². The first kappa shape index (κ1) is 18.2. The Balaban J connectivity index is 1.65. The summed E-state index contributed by atoms with van der Waals surface area (Å²) in [6.07, 6.45) is 13.4. The largest absolute Gasteiger partial charge is 0.490 e. The number of ether oxygens (including phenoxy) is 2.